The van der Waals surface area contributed by atoms with Crippen molar-refractivity contribution in [3.63, 3.8) is 0 Å². The Morgan fingerprint density at radius 1 is 1.05 bits per heavy atom. The Morgan fingerprint density at radius 2 is 1.75 bits per heavy atom. The minimum absolute atomic E-state index is 0.651. The van der Waals surface area contributed by atoms with E-state index >= 15 is 0 Å². The van der Waals surface area contributed by atoms with Crippen LogP contribution in [-0.2, 0) is 6.42 Å². The molecule has 0 amide bonds. The average Bonchev–Trinajstić information content (AvgIpc) is 2.89. The van der Waals surface area contributed by atoms with Gasteiger partial charge in [-0.05, 0) is 65.0 Å². The van der Waals surface area contributed by atoms with Crippen LogP contribution in [0.4, 0.5) is 5.69 Å². The molecule has 1 N–H and O–H groups in total. The first-order valence-corrected chi connectivity index (χ1v) is 8.42. The summed E-state index contributed by atoms with van der Waals surface area (Å²) in [7, 11) is 0. The van der Waals surface area contributed by atoms with Crippen LogP contribution >= 0.6 is 47.8 Å². The van der Waals surface area contributed by atoms with E-state index in [0.717, 1.165) is 35.9 Å². The molecule has 0 spiro atoms. The molecule has 3 rings (SSSR count). The van der Waals surface area contributed by atoms with Crippen LogP contribution in [0.15, 0.2) is 54.8 Å². The van der Waals surface area contributed by atoms with E-state index in [1.807, 2.05) is 36.4 Å². The highest BCUT2D eigenvalue weighted by Crippen LogP contribution is 2.43. The summed E-state index contributed by atoms with van der Waals surface area (Å²) >= 11 is 10.6. The molecule has 1 atom stereocenters. The van der Waals surface area contributed by atoms with Gasteiger partial charge in [0.1, 0.15) is 6.10 Å². The van der Waals surface area contributed by atoms with E-state index in [1.54, 1.807) is 0 Å². The van der Waals surface area contributed by atoms with Gasteiger partial charge in [-0.1, -0.05) is 30.3 Å². The number of aliphatic hydroxyl groups excluding tert-OH is 1. The molecule has 1 unspecified atom stereocenters. The molecular weight excluding hydrogens is 450 g/mol. The first-order valence-electron chi connectivity index (χ1n) is 6.04. The zero-order valence-corrected chi connectivity index (χ0v) is 15.0. The zero-order valence-electron chi connectivity index (χ0n) is 10.3. The lowest BCUT2D eigenvalue weighted by molar-refractivity contribution is 0.246. The Bertz CT molecular complexity index is 698. The minimum Gasteiger partial charge on any atom is -0.382 e. The predicted octanol–water partition coefficient (Wildman–Crippen LogP) is 5.34. The van der Waals surface area contributed by atoms with Gasteiger partial charge < -0.3 is 5.11 Å². The predicted molar refractivity (Wildman–Crippen MR) is 91.7 cm³/mol. The van der Waals surface area contributed by atoms with Gasteiger partial charge in [0, 0.05) is 19.8 Å². The number of hydrogen-bond donors (Lipinski definition) is 1. The smallest absolute Gasteiger partial charge is 0.117 e. The molecule has 1 heterocycles. The Kier molecular flexibility index (Phi) is 4.13. The van der Waals surface area contributed by atoms with Gasteiger partial charge in [-0.15, -0.1) is 0 Å². The number of hydrogen-bond acceptors (Lipinski definition) is 2. The van der Waals surface area contributed by atoms with Gasteiger partial charge in [0.2, 0.25) is 0 Å². The van der Waals surface area contributed by atoms with E-state index in [1.165, 1.54) is 0 Å². The highest BCUT2D eigenvalue weighted by molar-refractivity contribution is 9.14. The monoisotopic (exact) mass is 457 g/mol. The molecule has 0 aliphatic carbocycles. The van der Waals surface area contributed by atoms with Gasteiger partial charge in [-0.2, -0.15) is 0 Å². The summed E-state index contributed by atoms with van der Waals surface area (Å²) in [5, 5.41) is 10.5. The number of nitrogens with zero attached hydrogens (tertiary/aromatic N) is 1. The fourth-order valence-corrected chi connectivity index (χ4v) is 3.84. The van der Waals surface area contributed by atoms with Gasteiger partial charge in [0.05, 0.1) is 11.4 Å². The maximum atomic E-state index is 10.5. The minimum atomic E-state index is -0.659. The lowest BCUT2D eigenvalue weighted by Crippen LogP contribution is -2.12. The Balaban J connectivity index is 1.97. The fraction of sp³-hybridized carbons (Fsp3) is 0.133. The second-order valence-corrected chi connectivity index (χ2v) is 7.02. The van der Waals surface area contributed by atoms with Crippen molar-refractivity contribution >= 4 is 59.2 Å². The van der Waals surface area contributed by atoms with Crippen LogP contribution in [0.5, 0.6) is 0 Å². The molecule has 2 aromatic carbocycles. The number of fused-ring (bicyclic) bond motifs is 1. The third-order valence-corrected chi connectivity index (χ3v) is 6.68. The Morgan fingerprint density at radius 3 is 2.45 bits per heavy atom. The van der Waals surface area contributed by atoms with E-state index in [0.29, 0.717) is 6.42 Å². The maximum Gasteiger partial charge on any atom is 0.117 e. The van der Waals surface area contributed by atoms with E-state index in [4.69, 9.17) is 0 Å². The van der Waals surface area contributed by atoms with Crippen molar-refractivity contribution in [3.8, 4) is 0 Å². The third-order valence-electron chi connectivity index (χ3n) is 3.29. The van der Waals surface area contributed by atoms with Crippen LogP contribution in [0.3, 0.4) is 0 Å². The second-order valence-electron chi connectivity index (χ2n) is 4.58. The Hall–Kier alpha value is -0.490. The molecule has 1 aliphatic rings. The SMILES string of the molecule is OC(C1=Nc2cc(Br)c(Br)c(Br)c2C1)c1ccccc1. The number of rotatable bonds is 2. The summed E-state index contributed by atoms with van der Waals surface area (Å²) in [5.41, 5.74) is 3.65. The normalized spacial score (nSPS) is 14.9. The van der Waals surface area contributed by atoms with Crippen LogP contribution in [0, 0.1) is 0 Å². The van der Waals surface area contributed by atoms with Gasteiger partial charge in [-0.3, -0.25) is 4.99 Å². The van der Waals surface area contributed by atoms with Crippen LogP contribution in [0.25, 0.3) is 0 Å². The van der Waals surface area contributed by atoms with E-state index < -0.39 is 6.10 Å². The first-order chi connectivity index (χ1) is 9.58. The molecule has 0 bridgehead atoms. The number of benzene rings is 2. The second kappa shape index (κ2) is 5.72. The molecule has 20 heavy (non-hydrogen) atoms. The quantitative estimate of drug-likeness (QED) is 0.604. The number of aliphatic imine (C=N–C) groups is 1. The van der Waals surface area contributed by atoms with Crippen molar-refractivity contribution < 1.29 is 5.11 Å². The van der Waals surface area contributed by atoms with Crippen molar-refractivity contribution in [2.75, 3.05) is 0 Å². The van der Waals surface area contributed by atoms with E-state index in [2.05, 4.69) is 52.8 Å². The van der Waals surface area contributed by atoms with E-state index in [-0.39, 0.29) is 0 Å². The summed E-state index contributed by atoms with van der Waals surface area (Å²) in [4.78, 5) is 4.58. The largest absolute Gasteiger partial charge is 0.382 e. The van der Waals surface area contributed by atoms with E-state index in [9.17, 15) is 5.11 Å². The summed E-state index contributed by atoms with van der Waals surface area (Å²) in [5.74, 6) is 0. The van der Waals surface area contributed by atoms with Gasteiger partial charge in [0.25, 0.3) is 0 Å². The molecular formula is C15H10Br3NO. The van der Waals surface area contributed by atoms with Crippen molar-refractivity contribution in [2.24, 2.45) is 4.99 Å². The van der Waals surface area contributed by atoms with Crippen molar-refractivity contribution in [3.05, 3.63) is 60.9 Å². The van der Waals surface area contributed by atoms with Crippen molar-refractivity contribution in [1.29, 1.82) is 0 Å². The maximum absolute atomic E-state index is 10.5. The molecule has 0 aromatic heterocycles. The van der Waals surface area contributed by atoms with Crippen LogP contribution in [-0.4, -0.2) is 10.8 Å². The molecule has 0 fully saturated rings. The fourth-order valence-electron chi connectivity index (χ4n) is 2.25. The molecule has 1 aliphatic heterocycles. The lowest BCUT2D eigenvalue weighted by atomic mass is 10.0. The molecule has 5 heteroatoms. The standard InChI is InChI=1S/C15H10Br3NO/c16-10-7-11-9(13(17)14(10)18)6-12(19-11)15(20)8-4-2-1-3-5-8/h1-5,7,15,20H,6H2. The highest BCUT2D eigenvalue weighted by Gasteiger charge is 2.25. The van der Waals surface area contributed by atoms with Crippen LogP contribution < -0.4 is 0 Å². The molecule has 0 saturated heterocycles. The average molecular weight is 460 g/mol. The highest BCUT2D eigenvalue weighted by atomic mass is 79.9. The zero-order chi connectivity index (χ0) is 14.3. The third kappa shape index (κ3) is 2.52. The number of halogens is 3. The molecule has 102 valence electrons. The summed E-state index contributed by atoms with van der Waals surface area (Å²) in [6, 6.07) is 11.6. The Labute approximate surface area is 142 Å². The van der Waals surface area contributed by atoms with Crippen molar-refractivity contribution in [1.82, 2.24) is 0 Å². The van der Waals surface area contributed by atoms with Gasteiger partial charge in [-0.25, -0.2) is 0 Å². The molecule has 2 nitrogen and oxygen atoms in total. The van der Waals surface area contributed by atoms with Gasteiger partial charge in [0.15, 0.2) is 0 Å². The first kappa shape index (κ1) is 14.4. The molecule has 2 aromatic rings. The van der Waals surface area contributed by atoms with Crippen LogP contribution in [0.1, 0.15) is 17.2 Å². The summed E-state index contributed by atoms with van der Waals surface area (Å²) < 4.78 is 2.91. The summed E-state index contributed by atoms with van der Waals surface area (Å²) in [6.07, 6.45) is -0.00856. The molecule has 0 radical (unpaired) electrons. The van der Waals surface area contributed by atoms with Crippen molar-refractivity contribution in [2.45, 2.75) is 12.5 Å². The lowest BCUT2D eigenvalue weighted by Gasteiger charge is -2.10. The molecule has 0 saturated carbocycles. The topological polar surface area (TPSA) is 32.6 Å². The van der Waals surface area contributed by atoms with Crippen LogP contribution in [0.2, 0.25) is 0 Å². The number of aliphatic hydroxyl groups is 1. The summed E-state index contributed by atoms with van der Waals surface area (Å²) in [6.45, 7) is 0. The van der Waals surface area contributed by atoms with Gasteiger partial charge >= 0.3 is 0 Å².